The molecule has 3 heteroatoms. The van der Waals surface area contributed by atoms with E-state index in [4.69, 9.17) is 0 Å². The Bertz CT molecular complexity index is 320. The molecule has 0 aromatic carbocycles. The van der Waals surface area contributed by atoms with Crippen molar-refractivity contribution in [3.63, 3.8) is 0 Å². The van der Waals surface area contributed by atoms with Crippen molar-refractivity contribution in [3.8, 4) is 0 Å². The summed E-state index contributed by atoms with van der Waals surface area (Å²) in [5.74, 6) is 0. The van der Waals surface area contributed by atoms with Crippen LogP contribution in [0, 0.1) is 6.92 Å². The molecule has 0 aliphatic rings. The van der Waals surface area contributed by atoms with Crippen LogP contribution in [0.2, 0.25) is 0 Å². The van der Waals surface area contributed by atoms with Crippen LogP contribution in [0.5, 0.6) is 0 Å². The van der Waals surface area contributed by atoms with E-state index in [1.54, 1.807) is 23.7 Å². The summed E-state index contributed by atoms with van der Waals surface area (Å²) in [7, 11) is 0. The standard InChI is InChI=1S/C7H6N2S/c1-5-4-6-7(10-5)9-3-2-8-6/h2-4H,1H3. The van der Waals surface area contributed by atoms with Gasteiger partial charge in [0.05, 0.1) is 5.52 Å². The monoisotopic (exact) mass is 150 g/mol. The maximum absolute atomic E-state index is 4.16. The number of fused-ring (bicyclic) bond motifs is 1. The fourth-order valence-corrected chi connectivity index (χ4v) is 1.69. The van der Waals surface area contributed by atoms with Crippen LogP contribution in [-0.4, -0.2) is 9.97 Å². The molecule has 0 radical (unpaired) electrons. The highest BCUT2D eigenvalue weighted by Gasteiger charge is 1.96. The van der Waals surface area contributed by atoms with E-state index in [0.717, 1.165) is 10.3 Å². The highest BCUT2D eigenvalue weighted by molar-refractivity contribution is 7.18. The van der Waals surface area contributed by atoms with E-state index in [9.17, 15) is 0 Å². The number of nitrogens with zero attached hydrogens (tertiary/aromatic N) is 2. The topological polar surface area (TPSA) is 25.8 Å². The summed E-state index contributed by atoms with van der Waals surface area (Å²) in [6.07, 6.45) is 3.44. The van der Waals surface area contributed by atoms with Crippen LogP contribution in [0.1, 0.15) is 4.88 Å². The van der Waals surface area contributed by atoms with Crippen LogP contribution in [0.3, 0.4) is 0 Å². The van der Waals surface area contributed by atoms with Gasteiger partial charge in [-0.15, -0.1) is 11.3 Å². The molecule has 2 nitrogen and oxygen atoms in total. The molecule has 0 aliphatic carbocycles. The molecule has 2 rings (SSSR count). The maximum atomic E-state index is 4.16. The molecule has 0 fully saturated rings. The molecule has 2 heterocycles. The fourth-order valence-electron chi connectivity index (χ4n) is 0.888. The van der Waals surface area contributed by atoms with Gasteiger partial charge in [-0.25, -0.2) is 4.98 Å². The normalized spacial score (nSPS) is 10.5. The smallest absolute Gasteiger partial charge is 0.142 e. The van der Waals surface area contributed by atoms with Crippen LogP contribution >= 0.6 is 11.3 Å². The molecule has 0 bridgehead atoms. The summed E-state index contributed by atoms with van der Waals surface area (Å²) >= 11 is 1.68. The fraction of sp³-hybridized carbons (Fsp3) is 0.143. The van der Waals surface area contributed by atoms with Gasteiger partial charge in [-0.05, 0) is 13.0 Å². The van der Waals surface area contributed by atoms with Crippen molar-refractivity contribution in [1.82, 2.24) is 9.97 Å². The highest BCUT2D eigenvalue weighted by Crippen LogP contribution is 2.19. The molecule has 0 atom stereocenters. The number of aryl methyl sites for hydroxylation is 1. The van der Waals surface area contributed by atoms with Gasteiger partial charge in [0.2, 0.25) is 0 Å². The SMILES string of the molecule is Cc1cc2nccnc2s1. The molecular weight excluding hydrogens is 144 g/mol. The van der Waals surface area contributed by atoms with E-state index in [-0.39, 0.29) is 0 Å². The average Bonchev–Trinajstić information content (AvgIpc) is 2.27. The molecule has 0 aliphatic heterocycles. The second-order valence-corrected chi connectivity index (χ2v) is 3.34. The Labute approximate surface area is 62.6 Å². The van der Waals surface area contributed by atoms with Crippen LogP contribution in [0.4, 0.5) is 0 Å². The lowest BCUT2D eigenvalue weighted by Gasteiger charge is -1.81. The minimum atomic E-state index is 1.00. The summed E-state index contributed by atoms with van der Waals surface area (Å²) < 4.78 is 0. The zero-order valence-corrected chi connectivity index (χ0v) is 6.35. The van der Waals surface area contributed by atoms with E-state index in [1.165, 1.54) is 4.88 Å². The second-order valence-electron chi connectivity index (χ2n) is 2.10. The molecular formula is C7H6N2S. The predicted molar refractivity (Wildman–Crippen MR) is 42.2 cm³/mol. The molecule has 0 saturated heterocycles. The number of hydrogen-bond acceptors (Lipinski definition) is 3. The first-order valence-corrected chi connectivity index (χ1v) is 3.85. The van der Waals surface area contributed by atoms with E-state index < -0.39 is 0 Å². The number of hydrogen-bond donors (Lipinski definition) is 0. The summed E-state index contributed by atoms with van der Waals surface area (Å²) in [6.45, 7) is 2.06. The van der Waals surface area contributed by atoms with Crippen LogP contribution in [0.15, 0.2) is 18.5 Å². The molecule has 50 valence electrons. The van der Waals surface area contributed by atoms with E-state index in [2.05, 4.69) is 16.9 Å². The van der Waals surface area contributed by atoms with Crippen LogP contribution in [0.25, 0.3) is 10.3 Å². The average molecular weight is 150 g/mol. The van der Waals surface area contributed by atoms with E-state index in [1.807, 2.05) is 6.07 Å². The van der Waals surface area contributed by atoms with Crippen molar-refractivity contribution < 1.29 is 0 Å². The first-order valence-electron chi connectivity index (χ1n) is 3.03. The van der Waals surface area contributed by atoms with Crippen molar-refractivity contribution in [1.29, 1.82) is 0 Å². The minimum Gasteiger partial charge on any atom is -0.252 e. The zero-order valence-electron chi connectivity index (χ0n) is 5.53. The van der Waals surface area contributed by atoms with Gasteiger partial charge in [0, 0.05) is 17.3 Å². The van der Waals surface area contributed by atoms with Gasteiger partial charge in [0.15, 0.2) is 0 Å². The van der Waals surface area contributed by atoms with Crippen molar-refractivity contribution in [3.05, 3.63) is 23.3 Å². The lowest BCUT2D eigenvalue weighted by Crippen LogP contribution is -1.72. The number of thiophene rings is 1. The number of aromatic nitrogens is 2. The summed E-state index contributed by atoms with van der Waals surface area (Å²) in [6, 6.07) is 2.05. The van der Waals surface area contributed by atoms with Crippen LogP contribution in [-0.2, 0) is 0 Å². The molecule has 0 unspecified atom stereocenters. The first kappa shape index (κ1) is 5.80. The lowest BCUT2D eigenvalue weighted by atomic mass is 10.5. The molecule has 0 amide bonds. The zero-order chi connectivity index (χ0) is 6.97. The lowest BCUT2D eigenvalue weighted by molar-refractivity contribution is 1.32. The third-order valence-electron chi connectivity index (χ3n) is 1.29. The highest BCUT2D eigenvalue weighted by atomic mass is 32.1. The van der Waals surface area contributed by atoms with Gasteiger partial charge in [0.25, 0.3) is 0 Å². The van der Waals surface area contributed by atoms with Gasteiger partial charge in [-0.3, -0.25) is 4.98 Å². The van der Waals surface area contributed by atoms with Crippen molar-refractivity contribution in [2.75, 3.05) is 0 Å². The molecule has 0 spiro atoms. The minimum absolute atomic E-state index is 1.00. The molecule has 2 aromatic heterocycles. The second kappa shape index (κ2) is 2.02. The Hall–Kier alpha value is -0.960. The molecule has 2 aromatic rings. The third kappa shape index (κ3) is 0.789. The largest absolute Gasteiger partial charge is 0.252 e. The van der Waals surface area contributed by atoms with Crippen LogP contribution < -0.4 is 0 Å². The van der Waals surface area contributed by atoms with Crippen molar-refractivity contribution in [2.24, 2.45) is 0 Å². The molecule has 10 heavy (non-hydrogen) atoms. The Morgan fingerprint density at radius 2 is 2.10 bits per heavy atom. The van der Waals surface area contributed by atoms with Gasteiger partial charge in [-0.1, -0.05) is 0 Å². The quantitative estimate of drug-likeness (QED) is 0.574. The third-order valence-corrected chi connectivity index (χ3v) is 2.24. The Morgan fingerprint density at radius 3 is 2.90 bits per heavy atom. The Kier molecular flexibility index (Phi) is 1.17. The van der Waals surface area contributed by atoms with Gasteiger partial charge in [0.1, 0.15) is 4.83 Å². The van der Waals surface area contributed by atoms with E-state index in [0.29, 0.717) is 0 Å². The number of rotatable bonds is 0. The Morgan fingerprint density at radius 1 is 1.30 bits per heavy atom. The van der Waals surface area contributed by atoms with Crippen molar-refractivity contribution >= 4 is 21.7 Å². The van der Waals surface area contributed by atoms with Gasteiger partial charge >= 0.3 is 0 Å². The van der Waals surface area contributed by atoms with E-state index >= 15 is 0 Å². The summed E-state index contributed by atoms with van der Waals surface area (Å²) in [5, 5.41) is 0. The van der Waals surface area contributed by atoms with Gasteiger partial charge in [-0.2, -0.15) is 0 Å². The predicted octanol–water partition coefficient (Wildman–Crippen LogP) is 2.00. The molecule has 0 N–H and O–H groups in total. The van der Waals surface area contributed by atoms with Crippen molar-refractivity contribution in [2.45, 2.75) is 6.92 Å². The van der Waals surface area contributed by atoms with Gasteiger partial charge < -0.3 is 0 Å². The molecule has 0 saturated carbocycles. The summed E-state index contributed by atoms with van der Waals surface area (Å²) in [4.78, 5) is 10.6. The maximum Gasteiger partial charge on any atom is 0.142 e. The summed E-state index contributed by atoms with van der Waals surface area (Å²) in [5.41, 5.74) is 1.00. The first-order chi connectivity index (χ1) is 4.86. The Balaban J connectivity index is 2.88.